The predicted octanol–water partition coefficient (Wildman–Crippen LogP) is 1.39. The zero-order valence-corrected chi connectivity index (χ0v) is 9.21. The van der Waals surface area contributed by atoms with Crippen molar-refractivity contribution in [1.82, 2.24) is 5.32 Å². The van der Waals surface area contributed by atoms with Gasteiger partial charge in [-0.1, -0.05) is 0 Å². The molecule has 0 aromatic heterocycles. The van der Waals surface area contributed by atoms with Crippen molar-refractivity contribution >= 4 is 0 Å². The SMILES string of the molecule is COC(OC)C1CC2(CCNCC2)C1. The first-order chi connectivity index (χ1) is 6.79. The highest BCUT2D eigenvalue weighted by molar-refractivity contribution is 4.97. The highest BCUT2D eigenvalue weighted by atomic mass is 16.7. The molecule has 1 saturated carbocycles. The van der Waals surface area contributed by atoms with Crippen LogP contribution in [0.25, 0.3) is 0 Å². The van der Waals surface area contributed by atoms with Crippen molar-refractivity contribution in [2.24, 2.45) is 11.3 Å². The minimum atomic E-state index is 0.0236. The second kappa shape index (κ2) is 4.17. The molecule has 14 heavy (non-hydrogen) atoms. The van der Waals surface area contributed by atoms with Gasteiger partial charge in [-0.05, 0) is 44.2 Å². The van der Waals surface area contributed by atoms with E-state index in [9.17, 15) is 0 Å². The fourth-order valence-corrected chi connectivity index (χ4v) is 3.09. The van der Waals surface area contributed by atoms with Gasteiger partial charge in [0.05, 0.1) is 0 Å². The third-order valence-corrected chi connectivity index (χ3v) is 3.90. The van der Waals surface area contributed by atoms with Crippen LogP contribution in [-0.4, -0.2) is 33.6 Å². The van der Waals surface area contributed by atoms with Crippen LogP contribution in [0.3, 0.4) is 0 Å². The number of rotatable bonds is 3. The molecule has 0 amide bonds. The maximum atomic E-state index is 5.30. The molecule has 1 spiro atoms. The first-order valence-corrected chi connectivity index (χ1v) is 5.56. The number of nitrogens with one attached hydrogen (secondary N) is 1. The van der Waals surface area contributed by atoms with E-state index in [0.29, 0.717) is 11.3 Å². The van der Waals surface area contributed by atoms with E-state index in [0.717, 1.165) is 0 Å². The average Bonchev–Trinajstić information content (AvgIpc) is 2.19. The summed E-state index contributed by atoms with van der Waals surface area (Å²) in [5.41, 5.74) is 0.630. The van der Waals surface area contributed by atoms with Crippen molar-refractivity contribution in [1.29, 1.82) is 0 Å². The van der Waals surface area contributed by atoms with Crippen molar-refractivity contribution in [2.45, 2.75) is 32.0 Å². The third kappa shape index (κ3) is 1.81. The topological polar surface area (TPSA) is 30.5 Å². The van der Waals surface area contributed by atoms with Crippen molar-refractivity contribution in [3.05, 3.63) is 0 Å². The van der Waals surface area contributed by atoms with E-state index in [1.165, 1.54) is 38.8 Å². The van der Waals surface area contributed by atoms with Gasteiger partial charge >= 0.3 is 0 Å². The van der Waals surface area contributed by atoms with Crippen LogP contribution in [0.1, 0.15) is 25.7 Å². The fourth-order valence-electron chi connectivity index (χ4n) is 3.09. The number of hydrogen-bond donors (Lipinski definition) is 1. The number of ether oxygens (including phenoxy) is 2. The molecule has 3 nitrogen and oxygen atoms in total. The summed E-state index contributed by atoms with van der Waals surface area (Å²) in [4.78, 5) is 0. The summed E-state index contributed by atoms with van der Waals surface area (Å²) in [5, 5.41) is 3.42. The maximum absolute atomic E-state index is 5.30. The van der Waals surface area contributed by atoms with E-state index in [2.05, 4.69) is 5.32 Å². The van der Waals surface area contributed by atoms with Gasteiger partial charge in [-0.2, -0.15) is 0 Å². The van der Waals surface area contributed by atoms with Gasteiger partial charge in [0.1, 0.15) is 0 Å². The zero-order valence-electron chi connectivity index (χ0n) is 9.21. The fraction of sp³-hybridized carbons (Fsp3) is 1.00. The number of methoxy groups -OCH3 is 2. The van der Waals surface area contributed by atoms with Crippen LogP contribution >= 0.6 is 0 Å². The van der Waals surface area contributed by atoms with Crippen LogP contribution in [0, 0.1) is 11.3 Å². The molecule has 1 N–H and O–H groups in total. The summed E-state index contributed by atoms with van der Waals surface area (Å²) >= 11 is 0. The van der Waals surface area contributed by atoms with Crippen LogP contribution in [0.2, 0.25) is 0 Å². The van der Waals surface area contributed by atoms with E-state index in [4.69, 9.17) is 9.47 Å². The Kier molecular flexibility index (Phi) is 3.10. The largest absolute Gasteiger partial charge is 0.356 e. The first-order valence-electron chi connectivity index (χ1n) is 5.56. The van der Waals surface area contributed by atoms with Gasteiger partial charge in [-0.3, -0.25) is 0 Å². The Labute approximate surface area is 86.2 Å². The molecule has 0 aromatic rings. The van der Waals surface area contributed by atoms with Gasteiger partial charge in [-0.25, -0.2) is 0 Å². The molecule has 1 aliphatic heterocycles. The lowest BCUT2D eigenvalue weighted by molar-refractivity contribution is -0.184. The first kappa shape index (κ1) is 10.4. The summed E-state index contributed by atoms with van der Waals surface area (Å²) in [6.07, 6.45) is 5.28. The molecule has 1 aliphatic carbocycles. The van der Waals surface area contributed by atoms with Crippen molar-refractivity contribution < 1.29 is 9.47 Å². The monoisotopic (exact) mass is 199 g/mol. The molecule has 1 saturated heterocycles. The minimum absolute atomic E-state index is 0.0236. The highest BCUT2D eigenvalue weighted by Gasteiger charge is 2.47. The van der Waals surface area contributed by atoms with Gasteiger partial charge in [0.15, 0.2) is 6.29 Å². The molecule has 2 rings (SSSR count). The minimum Gasteiger partial charge on any atom is -0.356 e. The number of hydrogen-bond acceptors (Lipinski definition) is 3. The Balaban J connectivity index is 1.82. The van der Waals surface area contributed by atoms with E-state index in [1.807, 2.05) is 0 Å². The average molecular weight is 199 g/mol. The Morgan fingerprint density at radius 3 is 2.21 bits per heavy atom. The van der Waals surface area contributed by atoms with Gasteiger partial charge < -0.3 is 14.8 Å². The molecule has 0 aromatic carbocycles. The van der Waals surface area contributed by atoms with Gasteiger partial charge in [0.25, 0.3) is 0 Å². The predicted molar refractivity (Wildman–Crippen MR) is 55.1 cm³/mol. The third-order valence-electron chi connectivity index (χ3n) is 3.90. The molecule has 3 heteroatoms. The van der Waals surface area contributed by atoms with E-state index in [1.54, 1.807) is 14.2 Å². The Morgan fingerprint density at radius 1 is 1.14 bits per heavy atom. The van der Waals surface area contributed by atoms with E-state index >= 15 is 0 Å². The Morgan fingerprint density at radius 2 is 1.71 bits per heavy atom. The quantitative estimate of drug-likeness (QED) is 0.697. The molecular formula is C11H21NO2. The molecule has 0 radical (unpaired) electrons. The molecule has 1 heterocycles. The van der Waals surface area contributed by atoms with Gasteiger partial charge in [0, 0.05) is 20.1 Å². The normalized spacial score (nSPS) is 26.8. The Hall–Kier alpha value is -0.120. The molecule has 0 unspecified atom stereocenters. The summed E-state index contributed by atoms with van der Waals surface area (Å²) < 4.78 is 10.6. The van der Waals surface area contributed by atoms with Gasteiger partial charge in [0.2, 0.25) is 0 Å². The lowest BCUT2D eigenvalue weighted by Gasteiger charge is -2.52. The Bertz CT molecular complexity index is 178. The smallest absolute Gasteiger partial charge is 0.159 e. The highest BCUT2D eigenvalue weighted by Crippen LogP contribution is 2.53. The second-order valence-corrected chi connectivity index (χ2v) is 4.76. The van der Waals surface area contributed by atoms with Gasteiger partial charge in [-0.15, -0.1) is 0 Å². The van der Waals surface area contributed by atoms with E-state index < -0.39 is 0 Å². The lowest BCUT2D eigenvalue weighted by atomic mass is 9.57. The molecule has 0 bridgehead atoms. The standard InChI is InChI=1S/C11H21NO2/c1-13-10(14-2)9-7-11(8-9)3-5-12-6-4-11/h9-10,12H,3-8H2,1-2H3. The van der Waals surface area contributed by atoms with Crippen LogP contribution in [-0.2, 0) is 9.47 Å². The molecular weight excluding hydrogens is 178 g/mol. The summed E-state index contributed by atoms with van der Waals surface area (Å²) in [6, 6.07) is 0. The van der Waals surface area contributed by atoms with Crippen molar-refractivity contribution in [3.8, 4) is 0 Å². The number of piperidine rings is 1. The second-order valence-electron chi connectivity index (χ2n) is 4.76. The van der Waals surface area contributed by atoms with Crippen LogP contribution in [0.5, 0.6) is 0 Å². The van der Waals surface area contributed by atoms with Crippen molar-refractivity contribution in [2.75, 3.05) is 27.3 Å². The van der Waals surface area contributed by atoms with Crippen LogP contribution < -0.4 is 5.32 Å². The molecule has 82 valence electrons. The molecule has 0 atom stereocenters. The molecule has 2 aliphatic rings. The zero-order chi connectivity index (χ0) is 10.0. The van der Waals surface area contributed by atoms with Crippen LogP contribution in [0.15, 0.2) is 0 Å². The summed E-state index contributed by atoms with van der Waals surface area (Å²) in [7, 11) is 3.48. The summed E-state index contributed by atoms with van der Waals surface area (Å²) in [6.45, 7) is 2.38. The van der Waals surface area contributed by atoms with E-state index in [-0.39, 0.29) is 6.29 Å². The molecule has 2 fully saturated rings. The summed E-state index contributed by atoms with van der Waals surface area (Å²) in [5.74, 6) is 0.628. The lowest BCUT2D eigenvalue weighted by Crippen LogP contribution is -2.49. The maximum Gasteiger partial charge on any atom is 0.159 e. The van der Waals surface area contributed by atoms with Crippen molar-refractivity contribution in [3.63, 3.8) is 0 Å². The van der Waals surface area contributed by atoms with Crippen LogP contribution in [0.4, 0.5) is 0 Å².